The van der Waals surface area contributed by atoms with E-state index in [0.29, 0.717) is 0 Å². The summed E-state index contributed by atoms with van der Waals surface area (Å²) >= 11 is 2.30. The standard InChI is InChI=1S/C15H28.C14H24S.C2H6/c1-12-3-7-14(8-4-12)11-15-9-5-13(2)6-10-15;1-11-3-7-13(8-4-11)15-14-9-5-12(2)6-10-14;1-2/h12-15H,3-11H2,1-2H3;12-14H,1,3-10H2,2H3;1-2H3. The van der Waals surface area contributed by atoms with E-state index in [1.54, 1.807) is 6.42 Å². The average Bonchev–Trinajstić information content (AvgIpc) is 2.82. The minimum atomic E-state index is 0.953. The predicted octanol–water partition coefficient (Wildman–Crippen LogP) is 10.9. The van der Waals surface area contributed by atoms with Crippen LogP contribution in [0.3, 0.4) is 0 Å². The van der Waals surface area contributed by atoms with Crippen LogP contribution in [0.4, 0.5) is 0 Å². The lowest BCUT2D eigenvalue weighted by molar-refractivity contribution is 0.201. The van der Waals surface area contributed by atoms with E-state index in [2.05, 4.69) is 39.1 Å². The molecule has 4 aliphatic rings. The topological polar surface area (TPSA) is 0 Å². The van der Waals surface area contributed by atoms with Crippen LogP contribution in [-0.2, 0) is 0 Å². The summed E-state index contributed by atoms with van der Waals surface area (Å²) in [6.07, 6.45) is 25.0. The monoisotopic (exact) mass is 462 g/mol. The first kappa shape index (κ1) is 28.3. The van der Waals surface area contributed by atoms with E-state index in [0.717, 1.165) is 40.1 Å². The number of thioether (sulfide) groups is 1. The van der Waals surface area contributed by atoms with E-state index < -0.39 is 0 Å². The Labute approximate surface area is 207 Å². The van der Waals surface area contributed by atoms with Gasteiger partial charge in [0.2, 0.25) is 0 Å². The Morgan fingerprint density at radius 2 is 0.906 bits per heavy atom. The first-order valence-corrected chi connectivity index (χ1v) is 15.7. The summed E-state index contributed by atoms with van der Waals surface area (Å²) in [6.45, 7) is 15.4. The lowest BCUT2D eigenvalue weighted by atomic mass is 9.74. The van der Waals surface area contributed by atoms with Crippen LogP contribution >= 0.6 is 11.8 Å². The Morgan fingerprint density at radius 3 is 1.31 bits per heavy atom. The third kappa shape index (κ3) is 11.0. The molecule has 0 unspecified atom stereocenters. The van der Waals surface area contributed by atoms with Crippen molar-refractivity contribution in [3.63, 3.8) is 0 Å². The van der Waals surface area contributed by atoms with E-state index in [4.69, 9.17) is 0 Å². The second kappa shape index (κ2) is 15.9. The van der Waals surface area contributed by atoms with Crippen molar-refractivity contribution in [3.05, 3.63) is 12.2 Å². The zero-order valence-electron chi connectivity index (χ0n) is 22.7. The zero-order valence-corrected chi connectivity index (χ0v) is 23.5. The molecule has 0 aromatic heterocycles. The number of allylic oxidation sites excluding steroid dienone is 1. The minimum absolute atomic E-state index is 0.953. The maximum absolute atomic E-state index is 4.10. The molecule has 1 heteroatoms. The summed E-state index contributed by atoms with van der Waals surface area (Å²) < 4.78 is 0. The highest BCUT2D eigenvalue weighted by atomic mass is 32.2. The summed E-state index contributed by atoms with van der Waals surface area (Å²) in [4.78, 5) is 0. The molecule has 0 amide bonds. The van der Waals surface area contributed by atoms with E-state index in [1.807, 2.05) is 13.8 Å². The fourth-order valence-electron chi connectivity index (χ4n) is 6.37. The number of hydrogen-bond acceptors (Lipinski definition) is 1. The predicted molar refractivity (Wildman–Crippen MR) is 149 cm³/mol. The Hall–Kier alpha value is 0.0900. The van der Waals surface area contributed by atoms with E-state index >= 15 is 0 Å². The summed E-state index contributed by atoms with van der Waals surface area (Å²) in [5.74, 6) is 5.23. The Bertz CT molecular complexity index is 443. The van der Waals surface area contributed by atoms with Gasteiger partial charge in [-0.1, -0.05) is 98.1 Å². The fraction of sp³-hybridized carbons (Fsp3) is 0.935. The maximum atomic E-state index is 4.10. The van der Waals surface area contributed by atoms with Crippen molar-refractivity contribution in [2.45, 2.75) is 154 Å². The molecule has 0 bridgehead atoms. The van der Waals surface area contributed by atoms with Crippen molar-refractivity contribution in [2.24, 2.45) is 29.6 Å². The molecule has 0 aromatic carbocycles. The molecule has 4 saturated carbocycles. The van der Waals surface area contributed by atoms with Crippen LogP contribution in [0, 0.1) is 29.6 Å². The minimum Gasteiger partial charge on any atom is -0.155 e. The van der Waals surface area contributed by atoms with Gasteiger partial charge >= 0.3 is 0 Å². The highest BCUT2D eigenvalue weighted by molar-refractivity contribution is 8.00. The zero-order chi connectivity index (χ0) is 23.3. The number of hydrogen-bond donors (Lipinski definition) is 0. The van der Waals surface area contributed by atoms with E-state index in [-0.39, 0.29) is 0 Å². The second-order valence-corrected chi connectivity index (χ2v) is 13.6. The van der Waals surface area contributed by atoms with E-state index in [1.165, 1.54) is 108 Å². The molecule has 0 spiro atoms. The Kier molecular flexibility index (Phi) is 14.1. The molecule has 4 aliphatic carbocycles. The van der Waals surface area contributed by atoms with Gasteiger partial charge in [0.05, 0.1) is 0 Å². The quantitative estimate of drug-likeness (QED) is 0.374. The Balaban J connectivity index is 0.000000211. The molecule has 0 radical (unpaired) electrons. The fourth-order valence-corrected chi connectivity index (χ4v) is 7.97. The summed E-state index contributed by atoms with van der Waals surface area (Å²) in [6, 6.07) is 0. The summed E-state index contributed by atoms with van der Waals surface area (Å²) in [5, 5.41) is 1.94. The highest BCUT2D eigenvalue weighted by Gasteiger charge is 2.25. The molecule has 0 heterocycles. The van der Waals surface area contributed by atoms with Crippen molar-refractivity contribution in [1.29, 1.82) is 0 Å². The Morgan fingerprint density at radius 1 is 0.562 bits per heavy atom. The van der Waals surface area contributed by atoms with Crippen molar-refractivity contribution in [1.82, 2.24) is 0 Å². The molecule has 4 rings (SSSR count). The summed E-state index contributed by atoms with van der Waals surface area (Å²) in [5.41, 5.74) is 1.49. The molecule has 0 nitrogen and oxygen atoms in total. The van der Waals surface area contributed by atoms with Gasteiger partial charge < -0.3 is 0 Å². The van der Waals surface area contributed by atoms with Gasteiger partial charge in [-0.2, -0.15) is 11.8 Å². The second-order valence-electron chi connectivity index (χ2n) is 12.0. The van der Waals surface area contributed by atoms with Gasteiger partial charge in [0, 0.05) is 10.5 Å². The molecule has 0 atom stereocenters. The van der Waals surface area contributed by atoms with Crippen molar-refractivity contribution in [2.75, 3.05) is 0 Å². The van der Waals surface area contributed by atoms with Crippen LogP contribution < -0.4 is 0 Å². The third-order valence-electron chi connectivity index (χ3n) is 8.93. The molecule has 0 aromatic rings. The first-order chi connectivity index (χ1) is 15.5. The average molecular weight is 463 g/mol. The molecular formula is C31H58S. The molecule has 188 valence electrons. The normalized spacial score (nSPS) is 36.3. The molecule has 0 saturated heterocycles. The van der Waals surface area contributed by atoms with Crippen molar-refractivity contribution >= 4 is 11.8 Å². The van der Waals surface area contributed by atoms with Crippen LogP contribution in [0.2, 0.25) is 0 Å². The van der Waals surface area contributed by atoms with Crippen LogP contribution in [0.5, 0.6) is 0 Å². The molecular weight excluding hydrogens is 404 g/mol. The summed E-state index contributed by atoms with van der Waals surface area (Å²) in [7, 11) is 0. The van der Waals surface area contributed by atoms with Gasteiger partial charge in [0.15, 0.2) is 0 Å². The van der Waals surface area contributed by atoms with Gasteiger partial charge in [0.1, 0.15) is 0 Å². The molecule has 0 aliphatic heterocycles. The van der Waals surface area contributed by atoms with Gasteiger partial charge in [-0.25, -0.2) is 0 Å². The van der Waals surface area contributed by atoms with Gasteiger partial charge in [-0.15, -0.1) is 0 Å². The van der Waals surface area contributed by atoms with Crippen LogP contribution in [-0.4, -0.2) is 10.5 Å². The van der Waals surface area contributed by atoms with Gasteiger partial charge in [-0.3, -0.25) is 0 Å². The largest absolute Gasteiger partial charge is 0.155 e. The third-order valence-corrected chi connectivity index (χ3v) is 10.6. The van der Waals surface area contributed by atoms with Crippen LogP contribution in [0.25, 0.3) is 0 Å². The van der Waals surface area contributed by atoms with Crippen LogP contribution in [0.1, 0.15) is 144 Å². The number of rotatable bonds is 4. The van der Waals surface area contributed by atoms with Crippen molar-refractivity contribution in [3.8, 4) is 0 Å². The molecule has 0 N–H and O–H groups in total. The molecule has 32 heavy (non-hydrogen) atoms. The lowest BCUT2D eigenvalue weighted by Gasteiger charge is -2.32. The van der Waals surface area contributed by atoms with Gasteiger partial charge in [0.25, 0.3) is 0 Å². The van der Waals surface area contributed by atoms with Crippen molar-refractivity contribution < 1.29 is 0 Å². The molecule has 4 fully saturated rings. The highest BCUT2D eigenvalue weighted by Crippen LogP contribution is 2.39. The smallest absolute Gasteiger partial charge is 0.00559 e. The van der Waals surface area contributed by atoms with Gasteiger partial charge in [-0.05, 0) is 87.4 Å². The maximum Gasteiger partial charge on any atom is 0.00559 e. The van der Waals surface area contributed by atoms with Crippen LogP contribution in [0.15, 0.2) is 12.2 Å². The first-order valence-electron chi connectivity index (χ1n) is 14.8. The lowest BCUT2D eigenvalue weighted by Crippen LogP contribution is -2.19. The van der Waals surface area contributed by atoms with E-state index in [9.17, 15) is 0 Å². The SMILES string of the molecule is C=C1CCC(SC2CCC(C)CC2)CC1.CC.CC1CCC(CC2CCC(C)CC2)CC1.